The van der Waals surface area contributed by atoms with Gasteiger partial charge in [0.1, 0.15) is 5.65 Å². The molecule has 2 aromatic heterocycles. The standard InChI is InChI=1S/C17H17N3O4S/c1-12-6-7-20-11-14(19-16(20)8-12)10-18-25(22,23)15-5-3-4-13(9-15)17(21)24-2/h3-9,11,18H,10H2,1-2H3. The summed E-state index contributed by atoms with van der Waals surface area (Å²) >= 11 is 0. The second-order valence-corrected chi connectivity index (χ2v) is 7.31. The molecule has 0 unspecified atom stereocenters. The molecule has 0 aliphatic heterocycles. The molecule has 3 rings (SSSR count). The van der Waals surface area contributed by atoms with Crippen molar-refractivity contribution >= 4 is 21.6 Å². The number of imidazole rings is 1. The van der Waals surface area contributed by atoms with Crippen molar-refractivity contribution in [1.29, 1.82) is 0 Å². The third-order valence-corrected chi connectivity index (χ3v) is 5.07. The van der Waals surface area contributed by atoms with E-state index in [4.69, 9.17) is 0 Å². The zero-order valence-electron chi connectivity index (χ0n) is 13.8. The Bertz CT molecular complexity index is 1040. The number of methoxy groups -OCH3 is 1. The van der Waals surface area contributed by atoms with Gasteiger partial charge in [0.2, 0.25) is 10.0 Å². The van der Waals surface area contributed by atoms with Gasteiger partial charge in [-0.1, -0.05) is 6.07 Å². The molecule has 0 spiro atoms. The minimum Gasteiger partial charge on any atom is -0.465 e. The number of benzene rings is 1. The van der Waals surface area contributed by atoms with Gasteiger partial charge < -0.3 is 9.14 Å². The molecule has 3 aromatic rings. The number of hydrogen-bond donors (Lipinski definition) is 1. The van der Waals surface area contributed by atoms with Crippen molar-refractivity contribution in [2.24, 2.45) is 0 Å². The van der Waals surface area contributed by atoms with Crippen molar-refractivity contribution in [2.75, 3.05) is 7.11 Å². The molecule has 0 aliphatic rings. The first-order chi connectivity index (χ1) is 11.9. The largest absolute Gasteiger partial charge is 0.465 e. The molecule has 0 fully saturated rings. The van der Waals surface area contributed by atoms with Crippen LogP contribution < -0.4 is 4.72 Å². The van der Waals surface area contributed by atoms with Crippen LogP contribution in [0.4, 0.5) is 0 Å². The topological polar surface area (TPSA) is 89.8 Å². The fraction of sp³-hybridized carbons (Fsp3) is 0.176. The second kappa shape index (κ2) is 6.66. The monoisotopic (exact) mass is 359 g/mol. The van der Waals surface area contributed by atoms with Crippen molar-refractivity contribution in [3.8, 4) is 0 Å². The van der Waals surface area contributed by atoms with Crippen molar-refractivity contribution in [3.05, 3.63) is 65.6 Å². The van der Waals surface area contributed by atoms with E-state index in [1.54, 1.807) is 6.20 Å². The van der Waals surface area contributed by atoms with Gasteiger partial charge in [0, 0.05) is 12.4 Å². The number of fused-ring (bicyclic) bond motifs is 1. The minimum absolute atomic E-state index is 0.00462. The fourth-order valence-electron chi connectivity index (χ4n) is 2.38. The van der Waals surface area contributed by atoms with Gasteiger partial charge in [0.15, 0.2) is 0 Å². The molecule has 8 heteroatoms. The van der Waals surface area contributed by atoms with E-state index >= 15 is 0 Å². The van der Waals surface area contributed by atoms with Gasteiger partial charge in [-0.05, 0) is 42.8 Å². The minimum atomic E-state index is -3.78. The zero-order chi connectivity index (χ0) is 18.0. The van der Waals surface area contributed by atoms with Crippen LogP contribution in [-0.4, -0.2) is 30.9 Å². The lowest BCUT2D eigenvalue weighted by atomic mass is 10.2. The summed E-state index contributed by atoms with van der Waals surface area (Å²) in [5.74, 6) is -0.590. The van der Waals surface area contributed by atoms with Crippen LogP contribution in [0.15, 0.2) is 53.7 Å². The molecule has 0 saturated heterocycles. The lowest BCUT2D eigenvalue weighted by molar-refractivity contribution is 0.0600. The van der Waals surface area contributed by atoms with E-state index in [-0.39, 0.29) is 17.0 Å². The number of ether oxygens (including phenoxy) is 1. The van der Waals surface area contributed by atoms with Gasteiger partial charge in [0.25, 0.3) is 0 Å². The molecule has 0 atom stereocenters. The van der Waals surface area contributed by atoms with Gasteiger partial charge in [-0.2, -0.15) is 0 Å². The summed E-state index contributed by atoms with van der Waals surface area (Å²) in [5, 5.41) is 0. The first kappa shape index (κ1) is 17.1. The number of sulfonamides is 1. The van der Waals surface area contributed by atoms with E-state index in [2.05, 4.69) is 14.4 Å². The molecule has 0 amide bonds. The van der Waals surface area contributed by atoms with Crippen LogP contribution in [0.25, 0.3) is 5.65 Å². The van der Waals surface area contributed by atoms with E-state index < -0.39 is 16.0 Å². The number of carbonyl (C=O) groups excluding carboxylic acids is 1. The first-order valence-corrected chi connectivity index (χ1v) is 8.99. The number of carbonyl (C=O) groups is 1. The molecule has 0 bridgehead atoms. The van der Waals surface area contributed by atoms with Crippen LogP contribution in [0.1, 0.15) is 21.6 Å². The Labute approximate surface area is 145 Å². The molecule has 1 N–H and O–H groups in total. The second-order valence-electron chi connectivity index (χ2n) is 5.55. The number of rotatable bonds is 5. The van der Waals surface area contributed by atoms with Crippen molar-refractivity contribution in [1.82, 2.24) is 14.1 Å². The first-order valence-electron chi connectivity index (χ1n) is 7.51. The molecule has 0 radical (unpaired) electrons. The Morgan fingerprint density at radius 3 is 2.84 bits per heavy atom. The average Bonchev–Trinajstić information content (AvgIpc) is 3.01. The summed E-state index contributed by atoms with van der Waals surface area (Å²) in [4.78, 5) is 15.9. The Kier molecular flexibility index (Phi) is 4.56. The Hall–Kier alpha value is -2.71. The molecular weight excluding hydrogens is 342 g/mol. The molecule has 1 aromatic carbocycles. The Balaban J connectivity index is 1.80. The van der Waals surface area contributed by atoms with Gasteiger partial charge in [-0.15, -0.1) is 0 Å². The highest BCUT2D eigenvalue weighted by Gasteiger charge is 2.17. The predicted octanol–water partition coefficient (Wildman–Crippen LogP) is 1.91. The van der Waals surface area contributed by atoms with E-state index in [0.29, 0.717) is 5.69 Å². The molecule has 7 nitrogen and oxygen atoms in total. The number of esters is 1. The number of hydrogen-bond acceptors (Lipinski definition) is 5. The van der Waals surface area contributed by atoms with Crippen LogP contribution in [0.3, 0.4) is 0 Å². The maximum absolute atomic E-state index is 12.4. The Morgan fingerprint density at radius 1 is 1.28 bits per heavy atom. The fourth-order valence-corrected chi connectivity index (χ4v) is 3.43. The zero-order valence-corrected chi connectivity index (χ0v) is 14.6. The predicted molar refractivity (Wildman–Crippen MR) is 91.7 cm³/mol. The SMILES string of the molecule is COC(=O)c1cccc(S(=O)(=O)NCc2cn3ccc(C)cc3n2)c1. The smallest absolute Gasteiger partial charge is 0.337 e. The van der Waals surface area contributed by atoms with Crippen LogP contribution >= 0.6 is 0 Å². The van der Waals surface area contributed by atoms with Crippen LogP contribution in [0, 0.1) is 6.92 Å². The number of aryl methyl sites for hydroxylation is 1. The highest BCUT2D eigenvalue weighted by molar-refractivity contribution is 7.89. The number of pyridine rings is 1. The Morgan fingerprint density at radius 2 is 2.08 bits per heavy atom. The molecule has 0 saturated carbocycles. The number of nitrogens with one attached hydrogen (secondary N) is 1. The van der Waals surface area contributed by atoms with E-state index in [0.717, 1.165) is 11.2 Å². The molecule has 25 heavy (non-hydrogen) atoms. The van der Waals surface area contributed by atoms with Crippen LogP contribution in [0.5, 0.6) is 0 Å². The molecule has 0 aliphatic carbocycles. The van der Waals surface area contributed by atoms with E-state index in [9.17, 15) is 13.2 Å². The number of aromatic nitrogens is 2. The lowest BCUT2D eigenvalue weighted by Gasteiger charge is -2.06. The highest BCUT2D eigenvalue weighted by atomic mass is 32.2. The number of nitrogens with zero attached hydrogens (tertiary/aromatic N) is 2. The maximum atomic E-state index is 12.4. The quantitative estimate of drug-likeness (QED) is 0.703. The van der Waals surface area contributed by atoms with Gasteiger partial charge in [-0.25, -0.2) is 22.9 Å². The summed E-state index contributed by atoms with van der Waals surface area (Å²) in [6.07, 6.45) is 3.64. The summed E-state index contributed by atoms with van der Waals surface area (Å²) in [5.41, 5.74) is 2.60. The molecule has 130 valence electrons. The third-order valence-electron chi connectivity index (χ3n) is 3.67. The summed E-state index contributed by atoms with van der Waals surface area (Å²) in [6.45, 7) is 2.01. The van der Waals surface area contributed by atoms with Gasteiger partial charge >= 0.3 is 5.97 Å². The van der Waals surface area contributed by atoms with Crippen LogP contribution in [-0.2, 0) is 21.3 Å². The lowest BCUT2D eigenvalue weighted by Crippen LogP contribution is -2.23. The highest BCUT2D eigenvalue weighted by Crippen LogP contribution is 2.13. The summed E-state index contributed by atoms with van der Waals surface area (Å²) in [7, 11) is -2.53. The van der Waals surface area contributed by atoms with Gasteiger partial charge in [0.05, 0.1) is 29.8 Å². The summed E-state index contributed by atoms with van der Waals surface area (Å²) in [6, 6.07) is 9.55. The average molecular weight is 359 g/mol. The summed E-state index contributed by atoms with van der Waals surface area (Å²) < 4.78 is 33.8. The molecule has 2 heterocycles. The third kappa shape index (κ3) is 3.70. The van der Waals surface area contributed by atoms with Gasteiger partial charge in [-0.3, -0.25) is 0 Å². The van der Waals surface area contributed by atoms with Crippen molar-refractivity contribution in [3.63, 3.8) is 0 Å². The van der Waals surface area contributed by atoms with Crippen molar-refractivity contribution < 1.29 is 17.9 Å². The van der Waals surface area contributed by atoms with E-state index in [1.165, 1.54) is 31.4 Å². The van der Waals surface area contributed by atoms with Crippen molar-refractivity contribution in [2.45, 2.75) is 18.4 Å². The maximum Gasteiger partial charge on any atom is 0.337 e. The normalized spacial score (nSPS) is 11.6. The molecular formula is C17H17N3O4S. The van der Waals surface area contributed by atoms with Crippen LogP contribution in [0.2, 0.25) is 0 Å². The van der Waals surface area contributed by atoms with E-state index in [1.807, 2.05) is 29.7 Å².